The van der Waals surface area contributed by atoms with Gasteiger partial charge in [-0.3, -0.25) is 0 Å². The van der Waals surface area contributed by atoms with E-state index in [1.54, 1.807) is 0 Å². The minimum Gasteiger partial charge on any atom is -0.396 e. The Hall–Kier alpha value is -0.0800. The van der Waals surface area contributed by atoms with Gasteiger partial charge >= 0.3 is 0 Å². The van der Waals surface area contributed by atoms with E-state index in [2.05, 4.69) is 6.92 Å². The molecule has 0 aliphatic rings. The normalized spacial score (nSPS) is 17.3. The molecule has 0 aromatic heterocycles. The van der Waals surface area contributed by atoms with Crippen LogP contribution in [0.25, 0.3) is 0 Å². The minimum atomic E-state index is 0.258. The average molecular weight is 131 g/mol. The van der Waals surface area contributed by atoms with Gasteiger partial charge < -0.3 is 10.8 Å². The van der Waals surface area contributed by atoms with Crippen molar-refractivity contribution in [2.45, 2.75) is 32.7 Å². The van der Waals surface area contributed by atoms with Crippen LogP contribution in [0.2, 0.25) is 0 Å². The summed E-state index contributed by atoms with van der Waals surface area (Å²) in [5.74, 6) is 0.361. The predicted molar refractivity (Wildman–Crippen MR) is 39.1 cm³/mol. The van der Waals surface area contributed by atoms with Gasteiger partial charge in [-0.15, -0.1) is 0 Å². The molecule has 2 heteroatoms. The van der Waals surface area contributed by atoms with Crippen LogP contribution in [-0.4, -0.2) is 17.8 Å². The molecule has 2 nitrogen and oxygen atoms in total. The summed E-state index contributed by atoms with van der Waals surface area (Å²) >= 11 is 0. The lowest BCUT2D eigenvalue weighted by atomic mass is 10.0. The number of hydrogen-bond donors (Lipinski definition) is 2. The van der Waals surface area contributed by atoms with Crippen LogP contribution in [0, 0.1) is 5.92 Å². The van der Waals surface area contributed by atoms with E-state index in [4.69, 9.17) is 10.8 Å². The highest BCUT2D eigenvalue weighted by Crippen LogP contribution is 2.04. The molecule has 2 atom stereocenters. The lowest BCUT2D eigenvalue weighted by Crippen LogP contribution is -2.22. The van der Waals surface area contributed by atoms with E-state index in [0.29, 0.717) is 5.92 Å². The first-order chi connectivity index (χ1) is 4.20. The molecule has 0 rings (SSSR count). The molecular formula is C7H17NO. The van der Waals surface area contributed by atoms with Crippen molar-refractivity contribution in [3.8, 4) is 0 Å². The van der Waals surface area contributed by atoms with E-state index in [9.17, 15) is 0 Å². The molecule has 0 aliphatic heterocycles. The molecule has 0 aliphatic carbocycles. The first kappa shape index (κ1) is 8.92. The van der Waals surface area contributed by atoms with E-state index in [0.717, 1.165) is 12.8 Å². The zero-order chi connectivity index (χ0) is 7.28. The molecule has 0 aromatic rings. The van der Waals surface area contributed by atoms with Gasteiger partial charge in [-0.05, 0) is 18.8 Å². The van der Waals surface area contributed by atoms with Crippen LogP contribution >= 0.6 is 0 Å². The fourth-order valence-corrected chi connectivity index (χ4v) is 0.758. The Morgan fingerprint density at radius 2 is 2.11 bits per heavy atom. The lowest BCUT2D eigenvalue weighted by molar-refractivity contribution is 0.222. The van der Waals surface area contributed by atoms with Crippen molar-refractivity contribution >= 4 is 0 Å². The summed E-state index contributed by atoms with van der Waals surface area (Å²) in [4.78, 5) is 0. The van der Waals surface area contributed by atoms with Gasteiger partial charge in [-0.25, -0.2) is 0 Å². The number of aliphatic hydroxyl groups excluding tert-OH is 1. The summed E-state index contributed by atoms with van der Waals surface area (Å²) in [7, 11) is 0. The predicted octanol–water partition coefficient (Wildman–Crippen LogP) is 0.742. The Morgan fingerprint density at radius 3 is 2.44 bits per heavy atom. The van der Waals surface area contributed by atoms with Gasteiger partial charge in [0, 0.05) is 12.6 Å². The summed E-state index contributed by atoms with van der Waals surface area (Å²) in [5, 5.41) is 8.62. The average Bonchev–Trinajstić information content (AvgIpc) is 1.87. The fourth-order valence-electron chi connectivity index (χ4n) is 0.758. The lowest BCUT2D eigenvalue weighted by Gasteiger charge is -2.12. The van der Waals surface area contributed by atoms with E-state index in [1.807, 2.05) is 6.92 Å². The van der Waals surface area contributed by atoms with Gasteiger partial charge in [0.15, 0.2) is 0 Å². The van der Waals surface area contributed by atoms with Gasteiger partial charge in [0.1, 0.15) is 0 Å². The van der Waals surface area contributed by atoms with Crippen molar-refractivity contribution in [2.75, 3.05) is 6.61 Å². The second-order valence-electron chi connectivity index (χ2n) is 2.69. The molecule has 0 heterocycles. The topological polar surface area (TPSA) is 46.2 Å². The minimum absolute atomic E-state index is 0.258. The van der Waals surface area contributed by atoms with Gasteiger partial charge in [0.25, 0.3) is 0 Å². The molecule has 0 fully saturated rings. The second-order valence-corrected chi connectivity index (χ2v) is 2.69. The smallest absolute Gasteiger partial charge is 0.0457 e. The van der Waals surface area contributed by atoms with Crippen LogP contribution in [0.1, 0.15) is 26.7 Å². The summed E-state index contributed by atoms with van der Waals surface area (Å²) in [6.07, 6.45) is 1.94. The van der Waals surface area contributed by atoms with Crippen molar-refractivity contribution in [3.63, 3.8) is 0 Å². The molecule has 0 unspecified atom stereocenters. The van der Waals surface area contributed by atoms with Crippen LogP contribution in [0.15, 0.2) is 0 Å². The maximum absolute atomic E-state index is 8.62. The summed E-state index contributed by atoms with van der Waals surface area (Å²) in [6, 6.07) is 0.271. The molecule has 0 saturated carbocycles. The molecule has 9 heavy (non-hydrogen) atoms. The van der Waals surface area contributed by atoms with Crippen molar-refractivity contribution < 1.29 is 5.11 Å². The Kier molecular flexibility index (Phi) is 4.72. The Morgan fingerprint density at radius 1 is 1.56 bits per heavy atom. The number of hydrogen-bond acceptors (Lipinski definition) is 2. The van der Waals surface area contributed by atoms with Crippen molar-refractivity contribution in [1.82, 2.24) is 0 Å². The highest BCUT2D eigenvalue weighted by Gasteiger charge is 2.04. The second kappa shape index (κ2) is 4.77. The van der Waals surface area contributed by atoms with Crippen LogP contribution in [0.3, 0.4) is 0 Å². The quantitative estimate of drug-likeness (QED) is 0.591. The van der Waals surface area contributed by atoms with Gasteiger partial charge in [0.2, 0.25) is 0 Å². The molecular weight excluding hydrogens is 114 g/mol. The van der Waals surface area contributed by atoms with E-state index in [1.165, 1.54) is 0 Å². The zero-order valence-electron chi connectivity index (χ0n) is 6.30. The number of nitrogens with two attached hydrogens (primary N) is 1. The SMILES string of the molecule is CC[C@@H](N)C[C@@H](C)CO. The Labute approximate surface area is 57.1 Å². The van der Waals surface area contributed by atoms with Crippen LogP contribution in [0.5, 0.6) is 0 Å². The fraction of sp³-hybridized carbons (Fsp3) is 1.00. The summed E-state index contributed by atoms with van der Waals surface area (Å²) in [5.41, 5.74) is 5.64. The number of aliphatic hydroxyl groups is 1. The van der Waals surface area contributed by atoms with Crippen molar-refractivity contribution in [3.05, 3.63) is 0 Å². The summed E-state index contributed by atoms with van der Waals surface area (Å²) in [6.45, 7) is 4.33. The van der Waals surface area contributed by atoms with Gasteiger partial charge in [-0.1, -0.05) is 13.8 Å². The molecule has 0 amide bonds. The Balaban J connectivity index is 3.22. The van der Waals surface area contributed by atoms with Gasteiger partial charge in [-0.2, -0.15) is 0 Å². The first-order valence-electron chi connectivity index (χ1n) is 3.57. The standard InChI is InChI=1S/C7H17NO/c1-3-7(8)4-6(2)5-9/h6-7,9H,3-5,8H2,1-2H3/t6-,7-/m1/s1. The molecule has 0 radical (unpaired) electrons. The van der Waals surface area contributed by atoms with E-state index < -0.39 is 0 Å². The zero-order valence-corrected chi connectivity index (χ0v) is 6.30. The van der Waals surface area contributed by atoms with Crippen LogP contribution in [0.4, 0.5) is 0 Å². The third-order valence-electron chi connectivity index (χ3n) is 1.54. The molecule has 0 saturated heterocycles. The maximum Gasteiger partial charge on any atom is 0.0457 e. The maximum atomic E-state index is 8.62. The Bertz CT molecular complexity index is 57.9. The highest BCUT2D eigenvalue weighted by molar-refractivity contribution is 4.62. The van der Waals surface area contributed by atoms with Crippen molar-refractivity contribution in [2.24, 2.45) is 11.7 Å². The van der Waals surface area contributed by atoms with Crippen LogP contribution in [-0.2, 0) is 0 Å². The van der Waals surface area contributed by atoms with Crippen molar-refractivity contribution in [1.29, 1.82) is 0 Å². The third-order valence-corrected chi connectivity index (χ3v) is 1.54. The monoisotopic (exact) mass is 131 g/mol. The molecule has 56 valence electrons. The first-order valence-corrected chi connectivity index (χ1v) is 3.57. The summed E-state index contributed by atoms with van der Waals surface area (Å²) < 4.78 is 0. The highest BCUT2D eigenvalue weighted by atomic mass is 16.3. The number of rotatable bonds is 4. The molecule has 3 N–H and O–H groups in total. The molecule has 0 bridgehead atoms. The molecule has 0 spiro atoms. The molecule has 0 aromatic carbocycles. The van der Waals surface area contributed by atoms with E-state index >= 15 is 0 Å². The van der Waals surface area contributed by atoms with Gasteiger partial charge in [0.05, 0.1) is 0 Å². The largest absolute Gasteiger partial charge is 0.396 e. The van der Waals surface area contributed by atoms with Crippen LogP contribution < -0.4 is 5.73 Å². The van der Waals surface area contributed by atoms with E-state index in [-0.39, 0.29) is 12.6 Å². The third kappa shape index (κ3) is 4.43.